The van der Waals surface area contributed by atoms with Crippen LogP contribution < -0.4 is 0 Å². The van der Waals surface area contributed by atoms with Gasteiger partial charge in [0.2, 0.25) is 0 Å². The zero-order chi connectivity index (χ0) is 25.0. The maximum Gasteiger partial charge on any atom is 0.335 e. The third-order valence-electron chi connectivity index (χ3n) is 7.62. The molecule has 0 unspecified atom stereocenters. The second-order valence-corrected chi connectivity index (χ2v) is 13.0. The van der Waals surface area contributed by atoms with E-state index in [-0.39, 0.29) is 22.3 Å². The predicted molar refractivity (Wildman–Crippen MR) is 134 cm³/mol. The number of oxime groups is 1. The topological polar surface area (TPSA) is 96.3 Å². The van der Waals surface area contributed by atoms with Gasteiger partial charge in [0.15, 0.2) is 9.84 Å². The summed E-state index contributed by atoms with van der Waals surface area (Å²) in [6.45, 7) is 6.52. The number of carboxylic acids is 1. The summed E-state index contributed by atoms with van der Waals surface area (Å²) in [5.41, 5.74) is 3.26. The van der Waals surface area contributed by atoms with E-state index >= 15 is 0 Å². The third-order valence-corrected chi connectivity index (χ3v) is 9.83. The number of rotatable bonds is 4. The number of nitrogens with zero attached hydrogens (tertiary/aromatic N) is 2. The highest BCUT2D eigenvalue weighted by atomic mass is 35.5. The summed E-state index contributed by atoms with van der Waals surface area (Å²) in [6.07, 6.45) is 2.94. The van der Waals surface area contributed by atoms with Crippen molar-refractivity contribution >= 4 is 33.1 Å². The van der Waals surface area contributed by atoms with E-state index in [1.807, 2.05) is 6.07 Å². The van der Waals surface area contributed by atoms with Crippen LogP contribution in [0.15, 0.2) is 46.4 Å². The Labute approximate surface area is 210 Å². The van der Waals surface area contributed by atoms with Gasteiger partial charge in [0.05, 0.1) is 26.9 Å². The number of sulfone groups is 1. The van der Waals surface area contributed by atoms with E-state index in [0.717, 1.165) is 48.3 Å². The molecule has 2 aromatic carbocycles. The molecular formula is C26H29ClN2O5S. The number of hydrogen-bond acceptors (Lipinski definition) is 6. The summed E-state index contributed by atoms with van der Waals surface area (Å²) >= 11 is 6.51. The van der Waals surface area contributed by atoms with Crippen LogP contribution in [0, 0.1) is 0 Å². The van der Waals surface area contributed by atoms with E-state index in [1.54, 1.807) is 30.3 Å². The number of carbonyl (C=O) groups is 1. The average molecular weight is 517 g/mol. The highest BCUT2D eigenvalue weighted by Crippen LogP contribution is 2.43. The highest BCUT2D eigenvalue weighted by Gasteiger charge is 2.42. The minimum atomic E-state index is -3.35. The van der Waals surface area contributed by atoms with Crippen molar-refractivity contribution in [3.8, 4) is 0 Å². The minimum Gasteiger partial charge on any atom is -0.478 e. The van der Waals surface area contributed by atoms with Crippen LogP contribution in [-0.2, 0) is 26.6 Å². The Morgan fingerprint density at radius 2 is 1.83 bits per heavy atom. The lowest BCUT2D eigenvalue weighted by atomic mass is 9.81. The molecule has 186 valence electrons. The number of fused-ring (bicyclic) bond motifs is 1. The molecule has 0 aliphatic carbocycles. The minimum absolute atomic E-state index is 0.133. The molecule has 0 saturated carbocycles. The summed E-state index contributed by atoms with van der Waals surface area (Å²) in [5, 5.41) is 13.8. The van der Waals surface area contributed by atoms with Gasteiger partial charge in [-0.15, -0.1) is 0 Å². The van der Waals surface area contributed by atoms with Crippen molar-refractivity contribution in [1.82, 2.24) is 4.90 Å². The fourth-order valence-electron chi connectivity index (χ4n) is 5.31. The van der Waals surface area contributed by atoms with Gasteiger partial charge in [-0.05, 0) is 46.7 Å². The first-order chi connectivity index (χ1) is 16.5. The van der Waals surface area contributed by atoms with Gasteiger partial charge in [-0.3, -0.25) is 4.90 Å². The summed E-state index contributed by atoms with van der Waals surface area (Å²) in [4.78, 5) is 19.7. The van der Waals surface area contributed by atoms with Crippen molar-refractivity contribution in [2.45, 2.75) is 62.0 Å². The second kappa shape index (κ2) is 8.61. The van der Waals surface area contributed by atoms with Gasteiger partial charge in [-0.25, -0.2) is 13.2 Å². The molecule has 3 heterocycles. The van der Waals surface area contributed by atoms with E-state index < -0.39 is 15.8 Å². The molecule has 1 spiro atoms. The summed E-state index contributed by atoms with van der Waals surface area (Å²) < 4.78 is 25.3. The second-order valence-electron chi connectivity index (χ2n) is 10.6. The molecule has 9 heteroatoms. The summed E-state index contributed by atoms with van der Waals surface area (Å²) in [6, 6.07) is 10.6. The first kappa shape index (κ1) is 24.3. The van der Waals surface area contributed by atoms with Crippen LogP contribution in [0.25, 0.3) is 0 Å². The molecule has 35 heavy (non-hydrogen) atoms. The molecule has 3 aliphatic rings. The van der Waals surface area contributed by atoms with Crippen molar-refractivity contribution < 1.29 is 23.2 Å². The lowest BCUT2D eigenvalue weighted by Gasteiger charge is -2.38. The molecule has 0 radical (unpaired) electrons. The number of likely N-dealkylation sites (tertiary alicyclic amines) is 1. The van der Waals surface area contributed by atoms with Gasteiger partial charge in [0, 0.05) is 38.9 Å². The van der Waals surface area contributed by atoms with Crippen LogP contribution in [0.2, 0.25) is 5.02 Å². The van der Waals surface area contributed by atoms with Crippen LogP contribution in [0.5, 0.6) is 0 Å². The number of halogens is 1. The predicted octanol–water partition coefficient (Wildman–Crippen LogP) is 4.65. The Bertz CT molecular complexity index is 1310. The molecular weight excluding hydrogens is 488 g/mol. The molecule has 0 bridgehead atoms. The summed E-state index contributed by atoms with van der Waals surface area (Å²) in [7, 11) is -3.35. The van der Waals surface area contributed by atoms with Crippen LogP contribution in [0.1, 0.15) is 66.6 Å². The Morgan fingerprint density at radius 1 is 1.14 bits per heavy atom. The third kappa shape index (κ3) is 4.59. The molecule has 3 aliphatic heterocycles. The van der Waals surface area contributed by atoms with Gasteiger partial charge >= 0.3 is 5.97 Å². The van der Waals surface area contributed by atoms with Gasteiger partial charge in [-0.2, -0.15) is 0 Å². The molecule has 2 aromatic rings. The van der Waals surface area contributed by atoms with Crippen LogP contribution in [-0.4, -0.2) is 54.5 Å². The first-order valence-electron chi connectivity index (χ1n) is 11.8. The molecule has 0 amide bonds. The van der Waals surface area contributed by atoms with Gasteiger partial charge < -0.3 is 9.94 Å². The van der Waals surface area contributed by atoms with Crippen LogP contribution in [0.4, 0.5) is 0 Å². The van der Waals surface area contributed by atoms with Gasteiger partial charge in [0.25, 0.3) is 0 Å². The highest BCUT2D eigenvalue weighted by molar-refractivity contribution is 7.91. The molecule has 0 atom stereocenters. The van der Waals surface area contributed by atoms with E-state index in [0.29, 0.717) is 29.3 Å². The zero-order valence-corrected chi connectivity index (χ0v) is 21.5. The van der Waals surface area contributed by atoms with E-state index in [4.69, 9.17) is 21.5 Å². The number of carboxylic acid groups (broad SMARTS) is 1. The molecule has 1 fully saturated rings. The smallest absolute Gasteiger partial charge is 0.335 e. The Kier molecular flexibility index (Phi) is 5.97. The van der Waals surface area contributed by atoms with Gasteiger partial charge in [-0.1, -0.05) is 48.8 Å². The molecule has 1 N–H and O–H groups in total. The maximum absolute atomic E-state index is 12.7. The molecule has 1 saturated heterocycles. The zero-order valence-electron chi connectivity index (χ0n) is 19.9. The Morgan fingerprint density at radius 3 is 2.49 bits per heavy atom. The monoisotopic (exact) mass is 516 g/mol. The van der Waals surface area contributed by atoms with Crippen molar-refractivity contribution in [2.75, 3.05) is 18.8 Å². The van der Waals surface area contributed by atoms with E-state index in [1.165, 1.54) is 0 Å². The number of piperidine rings is 1. The van der Waals surface area contributed by atoms with Gasteiger partial charge in [0.1, 0.15) is 5.60 Å². The standard InChI is InChI=1S/C26H29ClN2O5S/c1-25(2)9-12-35(32,33)23-20(25)13-17(14-21(23)27)16-29-10-7-26(8-11-29)15-22(28-34-26)18-3-5-19(6-4-18)24(30)31/h3-6,13-14H,7-12,15-16H2,1-2H3,(H,30,31). The van der Waals surface area contributed by atoms with E-state index in [9.17, 15) is 13.2 Å². The lowest BCUT2D eigenvalue weighted by molar-refractivity contribution is -0.0627. The average Bonchev–Trinajstić information content (AvgIpc) is 3.22. The van der Waals surface area contributed by atoms with Crippen molar-refractivity contribution in [3.05, 3.63) is 63.7 Å². The maximum atomic E-state index is 12.7. The fraction of sp³-hybridized carbons (Fsp3) is 0.462. The first-order valence-corrected chi connectivity index (χ1v) is 13.9. The summed E-state index contributed by atoms with van der Waals surface area (Å²) in [5.74, 6) is -0.816. The Balaban J connectivity index is 1.25. The van der Waals surface area contributed by atoms with Crippen LogP contribution >= 0.6 is 11.6 Å². The number of benzene rings is 2. The SMILES string of the molecule is CC1(C)CCS(=O)(=O)c2c(Cl)cc(CN3CCC4(CC3)CC(c3ccc(C(=O)O)cc3)=NO4)cc21. The van der Waals surface area contributed by atoms with Crippen molar-refractivity contribution in [2.24, 2.45) is 5.16 Å². The lowest BCUT2D eigenvalue weighted by Crippen LogP contribution is -2.44. The number of hydrogen-bond donors (Lipinski definition) is 1. The Hall–Kier alpha value is -2.42. The quantitative estimate of drug-likeness (QED) is 0.635. The fourth-order valence-corrected chi connectivity index (χ4v) is 7.92. The number of aromatic carboxylic acids is 1. The van der Waals surface area contributed by atoms with Crippen LogP contribution in [0.3, 0.4) is 0 Å². The molecule has 5 rings (SSSR count). The molecule has 7 nitrogen and oxygen atoms in total. The molecule has 0 aromatic heterocycles. The normalized spacial score (nSPS) is 22.3. The largest absolute Gasteiger partial charge is 0.478 e. The van der Waals surface area contributed by atoms with Crippen molar-refractivity contribution in [3.63, 3.8) is 0 Å². The van der Waals surface area contributed by atoms with E-state index in [2.05, 4.69) is 23.9 Å². The van der Waals surface area contributed by atoms with Crippen molar-refractivity contribution in [1.29, 1.82) is 0 Å².